The van der Waals surface area contributed by atoms with Crippen LogP contribution in [-0.4, -0.2) is 14.5 Å². The summed E-state index contributed by atoms with van der Waals surface area (Å²) in [4.78, 5) is 9.88. The second-order valence-electron chi connectivity index (χ2n) is 18.7. The van der Waals surface area contributed by atoms with E-state index in [2.05, 4.69) is 201 Å². The van der Waals surface area contributed by atoms with Crippen molar-refractivity contribution >= 4 is 65.3 Å². The van der Waals surface area contributed by atoms with Gasteiger partial charge in [0, 0.05) is 42.8 Å². The van der Waals surface area contributed by atoms with E-state index in [1.54, 1.807) is 0 Å². The third-order valence-electron chi connectivity index (χ3n) is 13.7. The molecule has 0 amide bonds. The normalized spacial score (nSPS) is 11.5. The fraction of sp³-hybridized carbons (Fsp3) is 0.0909. The Labute approximate surface area is 427 Å². The van der Waals surface area contributed by atoms with E-state index in [1.807, 2.05) is 60.8 Å². The van der Waals surface area contributed by atoms with Crippen LogP contribution in [-0.2, 0) is 20.1 Å². The second-order valence-corrected chi connectivity index (χ2v) is 18.7. The summed E-state index contributed by atoms with van der Waals surface area (Å²) in [5, 5.41) is 9.36. The van der Waals surface area contributed by atoms with Crippen molar-refractivity contribution in [2.75, 3.05) is 0 Å². The molecule has 0 fully saturated rings. The molecule has 13 rings (SSSR count). The predicted octanol–water partition coefficient (Wildman–Crippen LogP) is 18.0. The van der Waals surface area contributed by atoms with Gasteiger partial charge in [0.1, 0.15) is 5.58 Å². The van der Waals surface area contributed by atoms with E-state index in [-0.39, 0.29) is 31.9 Å². The second kappa shape index (κ2) is 19.1. The van der Waals surface area contributed by atoms with E-state index in [0.717, 1.165) is 55.6 Å². The molecule has 13 aromatic rings. The average molecular weight is 1090 g/mol. The number of pyridine rings is 1. The number of imidazole rings is 1. The fourth-order valence-corrected chi connectivity index (χ4v) is 10.2. The Hall–Kier alpha value is -7.95. The minimum absolute atomic E-state index is 0. The van der Waals surface area contributed by atoms with Crippen molar-refractivity contribution in [2.45, 2.75) is 39.5 Å². The molecule has 3 heterocycles. The van der Waals surface area contributed by atoms with Crippen LogP contribution in [0.25, 0.3) is 116 Å². The van der Waals surface area contributed by atoms with Crippen LogP contribution >= 0.6 is 0 Å². The summed E-state index contributed by atoms with van der Waals surface area (Å²) in [6.07, 6.45) is 1.85. The van der Waals surface area contributed by atoms with Crippen LogP contribution in [0.1, 0.15) is 50.7 Å². The van der Waals surface area contributed by atoms with Gasteiger partial charge in [-0.3, -0.25) is 4.98 Å². The number of benzene rings is 10. The zero-order valence-electron chi connectivity index (χ0n) is 39.9. The van der Waals surface area contributed by atoms with Gasteiger partial charge in [-0.15, -0.1) is 54.1 Å². The third-order valence-corrected chi connectivity index (χ3v) is 13.7. The molecule has 0 aliphatic rings. The Morgan fingerprint density at radius 1 is 0.479 bits per heavy atom. The van der Waals surface area contributed by atoms with Gasteiger partial charge in [-0.25, -0.2) is 0 Å². The predicted molar refractivity (Wildman–Crippen MR) is 293 cm³/mol. The van der Waals surface area contributed by atoms with Crippen LogP contribution in [0.5, 0.6) is 0 Å². The maximum Gasteiger partial charge on any atom is 0.121 e. The first-order valence-electron chi connectivity index (χ1n) is 24.2. The van der Waals surface area contributed by atoms with Gasteiger partial charge in [0.25, 0.3) is 0 Å². The van der Waals surface area contributed by atoms with Crippen molar-refractivity contribution in [2.24, 2.45) is 0 Å². The minimum atomic E-state index is 0. The minimum Gasteiger partial charge on any atom is -0.501 e. The Morgan fingerprint density at radius 2 is 1.11 bits per heavy atom. The van der Waals surface area contributed by atoms with Crippen molar-refractivity contribution < 1.29 is 24.5 Å². The molecule has 4 nitrogen and oxygen atoms in total. The number of furan rings is 1. The molecule has 0 unspecified atom stereocenters. The number of aromatic nitrogens is 3. The van der Waals surface area contributed by atoms with Gasteiger partial charge >= 0.3 is 0 Å². The van der Waals surface area contributed by atoms with Crippen LogP contribution in [0.4, 0.5) is 0 Å². The number of nitrogens with zero attached hydrogens (tertiary/aromatic N) is 3. The SMILES string of the molecule is CC(C)c1cc(-c2ccccc2)cc(C(C)C)c1-n1c(-c2[c-]ccc3c2oc2cc4c(ccc5ccccc54)cc23)nc2ccc3ccccc3c21.[Ir].[c-]1ccccc1-c1cc(-c2ccccc2)ccn1. The third kappa shape index (κ3) is 8.31. The number of hydrogen-bond donors (Lipinski definition) is 0. The van der Waals surface area contributed by atoms with Crippen molar-refractivity contribution in [1.29, 1.82) is 0 Å². The first kappa shape index (κ1) is 45.5. The fourth-order valence-electron chi connectivity index (χ4n) is 10.2. The first-order valence-corrected chi connectivity index (χ1v) is 24.2. The summed E-state index contributed by atoms with van der Waals surface area (Å²) in [5.41, 5.74) is 15.2. The van der Waals surface area contributed by atoms with E-state index in [0.29, 0.717) is 0 Å². The smallest absolute Gasteiger partial charge is 0.121 e. The molecule has 5 heteroatoms. The summed E-state index contributed by atoms with van der Waals surface area (Å²) in [7, 11) is 0. The van der Waals surface area contributed by atoms with E-state index in [9.17, 15) is 0 Å². The summed E-state index contributed by atoms with van der Waals surface area (Å²) < 4.78 is 9.35. The van der Waals surface area contributed by atoms with Crippen LogP contribution < -0.4 is 0 Å². The topological polar surface area (TPSA) is 43.9 Å². The molecule has 3 aromatic heterocycles. The molecule has 0 N–H and O–H groups in total. The van der Waals surface area contributed by atoms with E-state index >= 15 is 0 Å². The monoisotopic (exact) mass is 1090 g/mol. The summed E-state index contributed by atoms with van der Waals surface area (Å²) in [5.74, 6) is 1.34. The maximum absolute atomic E-state index is 6.92. The van der Waals surface area contributed by atoms with Gasteiger partial charge in [0.15, 0.2) is 0 Å². The number of rotatable bonds is 7. The number of fused-ring (bicyclic) bond motifs is 9. The van der Waals surface area contributed by atoms with Gasteiger partial charge in [-0.2, -0.15) is 0 Å². The van der Waals surface area contributed by atoms with Gasteiger partial charge in [-0.05, 0) is 114 Å². The largest absolute Gasteiger partial charge is 0.501 e. The summed E-state index contributed by atoms with van der Waals surface area (Å²) in [6.45, 7) is 9.20. The standard InChI is InChI=1S/C49H37N2O.C17H12N.Ir/c1-29(2)40-26-35(31-13-6-5-7-14-31)27-41(30(3)4)46(40)51-47-37-18-11-9-16-33(37)23-24-44(47)50-49(51)39-20-12-19-38-43-25-34-22-21-32-15-8-10-17-36(32)42(34)28-45(43)52-48(38)39;1-3-7-14(8-4-1)16-11-12-18-17(13-16)15-9-5-2-6-10-15;/h5-19,21-30H,1-4H3;1-9,11-13H;/q2*-1;. The van der Waals surface area contributed by atoms with Gasteiger partial charge in [0.05, 0.1) is 22.4 Å². The first-order chi connectivity index (χ1) is 34.4. The Bertz CT molecular complexity index is 3980. The molecule has 0 spiro atoms. The average Bonchev–Trinajstić information content (AvgIpc) is 3.99. The van der Waals surface area contributed by atoms with Crippen molar-refractivity contribution in [3.8, 4) is 50.6 Å². The van der Waals surface area contributed by atoms with E-state index in [4.69, 9.17) is 9.40 Å². The molecule has 345 valence electrons. The Morgan fingerprint density at radius 3 is 1.82 bits per heavy atom. The molecule has 1 radical (unpaired) electrons. The molecule has 0 bridgehead atoms. The zero-order valence-corrected chi connectivity index (χ0v) is 42.3. The zero-order chi connectivity index (χ0) is 47.3. The van der Waals surface area contributed by atoms with Crippen molar-refractivity contribution in [3.05, 3.63) is 236 Å². The maximum atomic E-state index is 6.92. The van der Waals surface area contributed by atoms with Crippen molar-refractivity contribution in [1.82, 2.24) is 14.5 Å². The molecule has 10 aromatic carbocycles. The molecule has 0 saturated heterocycles. The van der Waals surface area contributed by atoms with Gasteiger partial charge < -0.3 is 14.0 Å². The van der Waals surface area contributed by atoms with E-state index in [1.165, 1.54) is 71.4 Å². The molecule has 0 saturated carbocycles. The van der Waals surface area contributed by atoms with Crippen molar-refractivity contribution in [3.63, 3.8) is 0 Å². The quantitative estimate of drug-likeness (QED) is 0.118. The van der Waals surface area contributed by atoms with Gasteiger partial charge in [-0.1, -0.05) is 172 Å². The van der Waals surface area contributed by atoms with E-state index < -0.39 is 0 Å². The Balaban J connectivity index is 0.000000242. The van der Waals surface area contributed by atoms with Crippen LogP contribution in [0.15, 0.2) is 217 Å². The van der Waals surface area contributed by atoms with Crippen LogP contribution in [0.2, 0.25) is 0 Å². The molecule has 0 aliphatic carbocycles. The molecule has 71 heavy (non-hydrogen) atoms. The molecule has 0 atom stereocenters. The summed E-state index contributed by atoms with van der Waals surface area (Å²) in [6, 6.07) is 79.4. The molecular formula is C66H49IrN3O-2. The van der Waals surface area contributed by atoms with Crippen LogP contribution in [0.3, 0.4) is 0 Å². The molecular weight excluding hydrogens is 1040 g/mol. The van der Waals surface area contributed by atoms with Gasteiger partial charge in [0.2, 0.25) is 0 Å². The molecule has 0 aliphatic heterocycles. The Kier molecular flexibility index (Phi) is 12.2. The summed E-state index contributed by atoms with van der Waals surface area (Å²) >= 11 is 0. The van der Waals surface area contributed by atoms with Crippen LogP contribution in [0, 0.1) is 12.1 Å². The number of hydrogen-bond acceptors (Lipinski definition) is 3.